The molecule has 4 fully saturated rings. The van der Waals surface area contributed by atoms with Gasteiger partial charge in [-0.3, -0.25) is 0 Å². The Morgan fingerprint density at radius 1 is 0.889 bits per heavy atom. The summed E-state index contributed by atoms with van der Waals surface area (Å²) in [6.45, 7) is 0.697. The van der Waals surface area contributed by atoms with Crippen molar-refractivity contribution < 1.29 is 37.0 Å². The molecule has 36 heavy (non-hydrogen) atoms. The van der Waals surface area contributed by atoms with E-state index in [9.17, 15) is 22.8 Å². The van der Waals surface area contributed by atoms with E-state index in [0.717, 1.165) is 49.1 Å². The van der Waals surface area contributed by atoms with E-state index in [1.165, 1.54) is 45.6 Å². The second-order valence-electron chi connectivity index (χ2n) is 10.8. The summed E-state index contributed by atoms with van der Waals surface area (Å²) in [6.07, 6.45) is 6.01. The lowest BCUT2D eigenvalue weighted by molar-refractivity contribution is -0.274. The van der Waals surface area contributed by atoms with Crippen LogP contribution >= 0.6 is 0 Å². The summed E-state index contributed by atoms with van der Waals surface area (Å²) in [5.74, 6) is -0.214. The van der Waals surface area contributed by atoms with Crippen LogP contribution in [-0.4, -0.2) is 44.0 Å². The number of ether oxygens (including phenoxy) is 3. The lowest BCUT2D eigenvalue weighted by Gasteiger charge is -2.57. The maximum Gasteiger partial charge on any atom is 0.573 e. The summed E-state index contributed by atoms with van der Waals surface area (Å²) in [5, 5.41) is 0. The highest BCUT2D eigenvalue weighted by atomic mass is 19.4. The number of benzene rings is 1. The van der Waals surface area contributed by atoms with Crippen LogP contribution in [0.15, 0.2) is 47.8 Å². The van der Waals surface area contributed by atoms with E-state index in [1.807, 2.05) is 4.90 Å². The first-order chi connectivity index (χ1) is 17.1. The standard InChI is InChI=1S/C27H30F3NO5/c1-34-24(32)21-13-31(15-26-10-16-7-17(11-26)9-18(8-16)12-26)14-22(25(33)35-2)23(21)19-3-5-20(6-4-19)36-27(28,29)30/h3-6,13-14,16-18,23H,7-12,15H2,1-2H3. The Morgan fingerprint density at radius 2 is 1.36 bits per heavy atom. The topological polar surface area (TPSA) is 65.1 Å². The van der Waals surface area contributed by atoms with Gasteiger partial charge in [-0.15, -0.1) is 13.2 Å². The van der Waals surface area contributed by atoms with Crippen molar-refractivity contribution in [3.8, 4) is 5.75 Å². The molecular formula is C27H30F3NO5. The first-order valence-electron chi connectivity index (χ1n) is 12.3. The highest BCUT2D eigenvalue weighted by Gasteiger charge is 2.51. The zero-order valence-electron chi connectivity index (χ0n) is 20.3. The fraction of sp³-hybridized carbons (Fsp3) is 0.556. The third-order valence-electron chi connectivity index (χ3n) is 8.20. The van der Waals surface area contributed by atoms with Crippen LogP contribution in [-0.2, 0) is 19.1 Å². The Balaban J connectivity index is 1.48. The van der Waals surface area contributed by atoms with E-state index in [-0.39, 0.29) is 16.6 Å². The average molecular weight is 506 g/mol. The van der Waals surface area contributed by atoms with Crippen LogP contribution in [0.3, 0.4) is 0 Å². The SMILES string of the molecule is COC(=O)C1=CN(CC23CC4CC(CC(C4)C2)C3)C=C(C(=O)OC)C1c1ccc(OC(F)(F)F)cc1. The Hall–Kier alpha value is -2.97. The number of carbonyl (C=O) groups excluding carboxylic acids is 2. The monoisotopic (exact) mass is 505 g/mol. The Bertz CT molecular complexity index is 1020. The quantitative estimate of drug-likeness (QED) is 0.488. The molecule has 1 heterocycles. The maximum atomic E-state index is 12.9. The Labute approximate surface area is 208 Å². The molecule has 0 saturated heterocycles. The van der Waals surface area contributed by atoms with Crippen molar-refractivity contribution in [3.63, 3.8) is 0 Å². The molecule has 1 aromatic carbocycles. The number of methoxy groups -OCH3 is 2. The number of carbonyl (C=O) groups is 2. The number of rotatable bonds is 6. The molecule has 0 radical (unpaired) electrons. The second kappa shape index (κ2) is 9.16. The molecule has 5 aliphatic rings. The van der Waals surface area contributed by atoms with Gasteiger partial charge in [0, 0.05) is 18.9 Å². The van der Waals surface area contributed by atoms with Crippen LogP contribution in [0, 0.1) is 23.2 Å². The van der Waals surface area contributed by atoms with Gasteiger partial charge in [0.05, 0.1) is 31.3 Å². The van der Waals surface area contributed by atoms with E-state index in [1.54, 1.807) is 12.4 Å². The Morgan fingerprint density at radius 3 is 1.78 bits per heavy atom. The largest absolute Gasteiger partial charge is 0.573 e. The zero-order valence-corrected chi connectivity index (χ0v) is 20.3. The van der Waals surface area contributed by atoms with Crippen molar-refractivity contribution in [2.75, 3.05) is 20.8 Å². The van der Waals surface area contributed by atoms with Gasteiger partial charge in [0.15, 0.2) is 0 Å². The number of halogens is 3. The van der Waals surface area contributed by atoms with Gasteiger partial charge in [-0.25, -0.2) is 9.59 Å². The molecule has 0 spiro atoms. The van der Waals surface area contributed by atoms with Gasteiger partial charge in [0.2, 0.25) is 0 Å². The highest BCUT2D eigenvalue weighted by molar-refractivity contribution is 5.98. The summed E-state index contributed by atoms with van der Waals surface area (Å²) < 4.78 is 51.9. The molecule has 4 aliphatic carbocycles. The molecule has 6 nitrogen and oxygen atoms in total. The molecule has 6 rings (SSSR count). The van der Waals surface area contributed by atoms with E-state index in [0.29, 0.717) is 12.1 Å². The van der Waals surface area contributed by atoms with Gasteiger partial charge in [0.25, 0.3) is 0 Å². The average Bonchev–Trinajstić information content (AvgIpc) is 2.81. The summed E-state index contributed by atoms with van der Waals surface area (Å²) >= 11 is 0. The van der Waals surface area contributed by atoms with Crippen LogP contribution in [0.1, 0.15) is 50.0 Å². The Kier molecular flexibility index (Phi) is 6.29. The third kappa shape index (κ3) is 4.84. The fourth-order valence-corrected chi connectivity index (χ4v) is 7.47. The first-order valence-corrected chi connectivity index (χ1v) is 12.3. The van der Waals surface area contributed by atoms with Crippen molar-refractivity contribution in [1.29, 1.82) is 0 Å². The molecule has 1 aliphatic heterocycles. The van der Waals surface area contributed by atoms with Crippen LogP contribution in [0.5, 0.6) is 5.75 Å². The van der Waals surface area contributed by atoms with Gasteiger partial charge < -0.3 is 19.1 Å². The number of alkyl halides is 3. The zero-order chi connectivity index (χ0) is 25.7. The van der Waals surface area contributed by atoms with E-state index >= 15 is 0 Å². The normalized spacial score (nSPS) is 29.5. The van der Waals surface area contributed by atoms with E-state index in [2.05, 4.69) is 4.74 Å². The second-order valence-corrected chi connectivity index (χ2v) is 10.8. The van der Waals surface area contributed by atoms with Crippen molar-refractivity contribution in [2.24, 2.45) is 23.2 Å². The van der Waals surface area contributed by atoms with Gasteiger partial charge >= 0.3 is 18.3 Å². The molecule has 4 saturated carbocycles. The summed E-state index contributed by atoms with van der Waals surface area (Å²) in [7, 11) is 2.53. The summed E-state index contributed by atoms with van der Waals surface area (Å²) in [4.78, 5) is 27.7. The number of nitrogens with zero attached hydrogens (tertiary/aromatic N) is 1. The molecular weight excluding hydrogens is 475 g/mol. The van der Waals surface area contributed by atoms with E-state index in [4.69, 9.17) is 9.47 Å². The molecule has 0 unspecified atom stereocenters. The maximum absolute atomic E-state index is 12.9. The lowest BCUT2D eigenvalue weighted by Crippen LogP contribution is -2.50. The predicted molar refractivity (Wildman–Crippen MR) is 123 cm³/mol. The molecule has 4 bridgehead atoms. The number of hydrogen-bond acceptors (Lipinski definition) is 6. The van der Waals surface area contributed by atoms with Gasteiger partial charge in [0.1, 0.15) is 5.75 Å². The predicted octanol–water partition coefficient (Wildman–Crippen LogP) is 5.31. The van der Waals surface area contributed by atoms with Crippen LogP contribution in [0.2, 0.25) is 0 Å². The summed E-state index contributed by atoms with van der Waals surface area (Å²) in [6, 6.07) is 5.14. The van der Waals surface area contributed by atoms with Crippen LogP contribution in [0.25, 0.3) is 0 Å². The number of hydrogen-bond donors (Lipinski definition) is 0. The molecule has 0 N–H and O–H groups in total. The molecule has 0 atom stereocenters. The van der Waals surface area contributed by atoms with E-state index < -0.39 is 30.0 Å². The minimum Gasteiger partial charge on any atom is -0.466 e. The van der Waals surface area contributed by atoms with Crippen LogP contribution < -0.4 is 4.74 Å². The lowest BCUT2D eigenvalue weighted by atomic mass is 9.49. The molecule has 0 amide bonds. The fourth-order valence-electron chi connectivity index (χ4n) is 7.47. The van der Waals surface area contributed by atoms with Gasteiger partial charge in [-0.1, -0.05) is 12.1 Å². The summed E-state index contributed by atoms with van der Waals surface area (Å²) in [5.41, 5.74) is 1.06. The molecule has 1 aromatic rings. The molecule has 9 heteroatoms. The van der Waals surface area contributed by atoms with Crippen molar-refractivity contribution in [2.45, 2.75) is 50.8 Å². The minimum absolute atomic E-state index is 0.146. The van der Waals surface area contributed by atoms with Crippen molar-refractivity contribution in [3.05, 3.63) is 53.4 Å². The van der Waals surface area contributed by atoms with Crippen molar-refractivity contribution >= 4 is 11.9 Å². The van der Waals surface area contributed by atoms with Crippen molar-refractivity contribution in [1.82, 2.24) is 4.90 Å². The minimum atomic E-state index is -4.82. The third-order valence-corrected chi connectivity index (χ3v) is 8.20. The number of esters is 2. The first kappa shape index (κ1) is 24.7. The van der Waals surface area contributed by atoms with Gasteiger partial charge in [-0.05, 0) is 79.4 Å². The van der Waals surface area contributed by atoms with Gasteiger partial charge in [-0.2, -0.15) is 0 Å². The molecule has 194 valence electrons. The highest BCUT2D eigenvalue weighted by Crippen LogP contribution is 2.60. The van der Waals surface area contributed by atoms with Crippen LogP contribution in [0.4, 0.5) is 13.2 Å². The smallest absolute Gasteiger partial charge is 0.466 e. The molecule has 0 aromatic heterocycles.